The van der Waals surface area contributed by atoms with Crippen LogP contribution in [-0.4, -0.2) is 28.6 Å². The van der Waals surface area contributed by atoms with Gasteiger partial charge in [0.05, 0.1) is 0 Å². The summed E-state index contributed by atoms with van der Waals surface area (Å²) in [5.74, 6) is -0.708. The Kier molecular flexibility index (Phi) is 4.83. The van der Waals surface area contributed by atoms with Crippen molar-refractivity contribution < 1.29 is 9.90 Å². The second-order valence-corrected chi connectivity index (χ2v) is 5.66. The Morgan fingerprint density at radius 2 is 2.21 bits per heavy atom. The predicted octanol–water partition coefficient (Wildman–Crippen LogP) is 3.48. The first kappa shape index (κ1) is 14.4. The average Bonchev–Trinajstić information content (AvgIpc) is 2.59. The summed E-state index contributed by atoms with van der Waals surface area (Å²) in [6.45, 7) is 3.48. The Hall–Kier alpha value is -1.06. The van der Waals surface area contributed by atoms with Gasteiger partial charge in [0.25, 0.3) is 0 Å². The minimum atomic E-state index is -0.708. The summed E-state index contributed by atoms with van der Waals surface area (Å²) >= 11 is 6.13. The summed E-state index contributed by atoms with van der Waals surface area (Å²) in [4.78, 5) is 13.4. The summed E-state index contributed by atoms with van der Waals surface area (Å²) < 4.78 is 0. The lowest BCUT2D eigenvalue weighted by molar-refractivity contribution is -0.143. The number of aliphatic carboxylic acids is 1. The van der Waals surface area contributed by atoms with Gasteiger partial charge in [-0.05, 0) is 43.5 Å². The molecule has 1 atom stereocenters. The van der Waals surface area contributed by atoms with Gasteiger partial charge in [-0.25, -0.2) is 0 Å². The molecule has 0 bridgehead atoms. The molecule has 1 saturated heterocycles. The largest absolute Gasteiger partial charge is 0.480 e. The number of likely N-dealkylation sites (tertiary alicyclic amines) is 1. The van der Waals surface area contributed by atoms with Gasteiger partial charge in [-0.2, -0.15) is 0 Å². The third-order valence-electron chi connectivity index (χ3n) is 3.77. The van der Waals surface area contributed by atoms with Crippen LogP contribution in [0.1, 0.15) is 36.8 Å². The molecule has 0 aliphatic carbocycles. The van der Waals surface area contributed by atoms with E-state index < -0.39 is 5.97 Å². The molecule has 4 heteroatoms. The maximum Gasteiger partial charge on any atom is 0.320 e. The topological polar surface area (TPSA) is 40.5 Å². The minimum absolute atomic E-state index is 0.359. The molecule has 19 heavy (non-hydrogen) atoms. The highest BCUT2D eigenvalue weighted by atomic mass is 35.5. The molecule has 1 fully saturated rings. The van der Waals surface area contributed by atoms with E-state index in [0.717, 1.165) is 48.4 Å². The van der Waals surface area contributed by atoms with E-state index in [9.17, 15) is 9.90 Å². The minimum Gasteiger partial charge on any atom is -0.480 e. The normalized spacial score (nSPS) is 21.1. The van der Waals surface area contributed by atoms with Crippen LogP contribution in [0.15, 0.2) is 18.2 Å². The zero-order valence-electron chi connectivity index (χ0n) is 11.2. The average molecular weight is 282 g/mol. The number of aryl methyl sites for hydroxylation is 1. The monoisotopic (exact) mass is 281 g/mol. The molecule has 1 heterocycles. The van der Waals surface area contributed by atoms with Gasteiger partial charge >= 0.3 is 5.97 Å². The number of carboxylic acid groups (broad SMARTS) is 1. The van der Waals surface area contributed by atoms with Crippen molar-refractivity contribution >= 4 is 17.6 Å². The Balaban J connectivity index is 2.13. The number of hydrogen-bond donors (Lipinski definition) is 1. The number of halogens is 1. The molecule has 1 aliphatic rings. The van der Waals surface area contributed by atoms with Crippen LogP contribution >= 0.6 is 11.6 Å². The van der Waals surface area contributed by atoms with E-state index in [-0.39, 0.29) is 6.04 Å². The highest BCUT2D eigenvalue weighted by Crippen LogP contribution is 2.22. The first-order valence-electron chi connectivity index (χ1n) is 6.80. The molecule has 0 radical (unpaired) electrons. The summed E-state index contributed by atoms with van der Waals surface area (Å²) in [6.07, 6.45) is 3.94. The van der Waals surface area contributed by atoms with Gasteiger partial charge in [0.1, 0.15) is 6.04 Å². The van der Waals surface area contributed by atoms with Crippen molar-refractivity contribution in [3.63, 3.8) is 0 Å². The van der Waals surface area contributed by atoms with E-state index in [0.29, 0.717) is 6.54 Å². The maximum atomic E-state index is 11.4. The molecule has 1 aromatic rings. The van der Waals surface area contributed by atoms with Crippen LogP contribution in [0, 0.1) is 6.92 Å². The van der Waals surface area contributed by atoms with E-state index in [1.54, 1.807) is 0 Å². The van der Waals surface area contributed by atoms with Crippen LogP contribution < -0.4 is 0 Å². The molecular formula is C15H20ClNO2. The van der Waals surface area contributed by atoms with Crippen molar-refractivity contribution in [1.82, 2.24) is 4.90 Å². The lowest BCUT2D eigenvalue weighted by atomic mass is 10.1. The number of carboxylic acids is 1. The first-order chi connectivity index (χ1) is 9.08. The van der Waals surface area contributed by atoms with Crippen molar-refractivity contribution in [2.75, 3.05) is 6.54 Å². The zero-order chi connectivity index (χ0) is 13.8. The van der Waals surface area contributed by atoms with Crippen molar-refractivity contribution in [2.45, 2.75) is 45.2 Å². The Bertz CT molecular complexity index is 461. The van der Waals surface area contributed by atoms with Gasteiger partial charge in [0.2, 0.25) is 0 Å². The van der Waals surface area contributed by atoms with Crippen molar-refractivity contribution in [1.29, 1.82) is 0 Å². The van der Waals surface area contributed by atoms with Crippen LogP contribution in [0.5, 0.6) is 0 Å². The second kappa shape index (κ2) is 6.40. The van der Waals surface area contributed by atoms with E-state index in [1.807, 2.05) is 25.1 Å². The molecule has 1 aromatic carbocycles. The fraction of sp³-hybridized carbons (Fsp3) is 0.533. The van der Waals surface area contributed by atoms with E-state index in [4.69, 9.17) is 11.6 Å². The zero-order valence-corrected chi connectivity index (χ0v) is 12.0. The van der Waals surface area contributed by atoms with Crippen LogP contribution in [0.4, 0.5) is 0 Å². The number of hydrogen-bond acceptors (Lipinski definition) is 2. The number of rotatable bonds is 3. The molecule has 2 rings (SSSR count). The van der Waals surface area contributed by atoms with Crippen LogP contribution in [-0.2, 0) is 11.3 Å². The fourth-order valence-corrected chi connectivity index (χ4v) is 2.81. The molecule has 0 saturated carbocycles. The van der Waals surface area contributed by atoms with Gasteiger partial charge in [0.15, 0.2) is 0 Å². The highest BCUT2D eigenvalue weighted by Gasteiger charge is 2.26. The summed E-state index contributed by atoms with van der Waals surface area (Å²) in [5.41, 5.74) is 2.14. The molecule has 104 valence electrons. The van der Waals surface area contributed by atoms with E-state index >= 15 is 0 Å². The quantitative estimate of drug-likeness (QED) is 0.922. The van der Waals surface area contributed by atoms with E-state index in [2.05, 4.69) is 4.90 Å². The third kappa shape index (κ3) is 3.71. The lowest BCUT2D eigenvalue weighted by Crippen LogP contribution is -2.40. The Morgan fingerprint density at radius 3 is 2.89 bits per heavy atom. The maximum absolute atomic E-state index is 11.4. The summed E-state index contributed by atoms with van der Waals surface area (Å²) in [6, 6.07) is 5.61. The standard InChI is InChI=1S/C15H20ClNO2/c1-11-6-7-12(9-13(11)16)10-17-8-4-2-3-5-14(17)15(18)19/h6-7,9,14H,2-5,8,10H2,1H3,(H,18,19). The smallest absolute Gasteiger partial charge is 0.320 e. The predicted molar refractivity (Wildman–Crippen MR) is 76.5 cm³/mol. The molecule has 0 aromatic heterocycles. The third-order valence-corrected chi connectivity index (χ3v) is 4.18. The van der Waals surface area contributed by atoms with Crippen LogP contribution in [0.25, 0.3) is 0 Å². The molecule has 1 N–H and O–H groups in total. The SMILES string of the molecule is Cc1ccc(CN2CCCCCC2C(=O)O)cc1Cl. The number of nitrogens with zero attached hydrogens (tertiary/aromatic N) is 1. The fourth-order valence-electron chi connectivity index (χ4n) is 2.61. The molecule has 3 nitrogen and oxygen atoms in total. The first-order valence-corrected chi connectivity index (χ1v) is 7.17. The van der Waals surface area contributed by atoms with Gasteiger partial charge in [-0.1, -0.05) is 36.6 Å². The van der Waals surface area contributed by atoms with Crippen LogP contribution in [0.2, 0.25) is 5.02 Å². The molecule has 1 unspecified atom stereocenters. The Morgan fingerprint density at radius 1 is 1.42 bits per heavy atom. The molecule has 0 spiro atoms. The van der Waals surface area contributed by atoms with Crippen molar-refractivity contribution in [3.05, 3.63) is 34.3 Å². The van der Waals surface area contributed by atoms with Crippen molar-refractivity contribution in [3.8, 4) is 0 Å². The van der Waals surface area contributed by atoms with Gasteiger partial charge in [-0.15, -0.1) is 0 Å². The Labute approximate surface area is 119 Å². The second-order valence-electron chi connectivity index (χ2n) is 5.26. The number of benzene rings is 1. The van der Waals surface area contributed by atoms with E-state index in [1.165, 1.54) is 0 Å². The molecule has 0 amide bonds. The summed E-state index contributed by atoms with van der Waals surface area (Å²) in [7, 11) is 0. The van der Waals surface area contributed by atoms with Gasteiger partial charge in [-0.3, -0.25) is 9.69 Å². The lowest BCUT2D eigenvalue weighted by Gasteiger charge is -2.26. The molecular weight excluding hydrogens is 262 g/mol. The van der Waals surface area contributed by atoms with Crippen LogP contribution in [0.3, 0.4) is 0 Å². The van der Waals surface area contributed by atoms with Gasteiger partial charge in [0, 0.05) is 11.6 Å². The van der Waals surface area contributed by atoms with Crippen molar-refractivity contribution in [2.24, 2.45) is 0 Å². The molecule has 1 aliphatic heterocycles. The van der Waals surface area contributed by atoms with Gasteiger partial charge < -0.3 is 5.11 Å². The highest BCUT2D eigenvalue weighted by molar-refractivity contribution is 6.31. The summed E-state index contributed by atoms with van der Waals surface area (Å²) in [5, 5.41) is 10.1. The number of carbonyl (C=O) groups is 1.